The van der Waals surface area contributed by atoms with E-state index in [0.717, 1.165) is 6.21 Å². The van der Waals surface area contributed by atoms with E-state index in [-0.39, 0.29) is 0 Å². The molecule has 1 aromatic heterocycles. The molecule has 0 aliphatic carbocycles. The molecule has 3 nitrogen and oxygen atoms in total. The van der Waals surface area contributed by atoms with Gasteiger partial charge in [0, 0.05) is 6.92 Å². The predicted octanol–water partition coefficient (Wildman–Crippen LogP) is 3.68. The number of nitrogens with one attached hydrogen (secondary N) is 1. The molecule has 0 aromatic carbocycles. The fourth-order valence-corrected chi connectivity index (χ4v) is 0.709. The molecule has 0 atom stereocenters. The second kappa shape index (κ2) is 9.71. The largest absolute Gasteiger partial charge is 0.439 e. The van der Waals surface area contributed by atoms with Crippen molar-refractivity contribution in [3.8, 4) is 0 Å². The Hall–Kier alpha value is -1.38. The first-order valence-corrected chi connectivity index (χ1v) is 4.88. The van der Waals surface area contributed by atoms with Gasteiger partial charge in [0.05, 0.1) is 6.21 Å². The SMILES string of the molecule is C=Cc1nc(C)oc1C=N.CC.CC. The molecule has 0 spiro atoms. The van der Waals surface area contributed by atoms with Crippen molar-refractivity contribution < 1.29 is 4.42 Å². The molecule has 0 aliphatic heterocycles. The topological polar surface area (TPSA) is 49.9 Å². The third kappa shape index (κ3) is 4.60. The molecule has 0 radical (unpaired) electrons. The molecule has 80 valence electrons. The van der Waals surface area contributed by atoms with Gasteiger partial charge in [-0.1, -0.05) is 34.3 Å². The van der Waals surface area contributed by atoms with E-state index in [1.807, 2.05) is 27.7 Å². The van der Waals surface area contributed by atoms with Crippen LogP contribution in [0.3, 0.4) is 0 Å². The van der Waals surface area contributed by atoms with Gasteiger partial charge in [-0.3, -0.25) is 0 Å². The van der Waals surface area contributed by atoms with Crippen molar-refractivity contribution in [2.24, 2.45) is 0 Å². The summed E-state index contributed by atoms with van der Waals surface area (Å²) in [5.74, 6) is 1.03. The van der Waals surface area contributed by atoms with Crippen LogP contribution < -0.4 is 0 Å². The normalized spacial score (nSPS) is 7.50. The van der Waals surface area contributed by atoms with E-state index < -0.39 is 0 Å². The molecule has 1 N–H and O–H groups in total. The van der Waals surface area contributed by atoms with Crippen molar-refractivity contribution in [1.82, 2.24) is 4.98 Å². The number of hydrogen-bond donors (Lipinski definition) is 1. The Balaban J connectivity index is 0. The van der Waals surface area contributed by atoms with Gasteiger partial charge in [0.25, 0.3) is 0 Å². The number of aromatic nitrogens is 1. The van der Waals surface area contributed by atoms with Gasteiger partial charge >= 0.3 is 0 Å². The highest BCUT2D eigenvalue weighted by atomic mass is 16.4. The Kier molecular flexibility index (Phi) is 10.5. The number of hydrogen-bond acceptors (Lipinski definition) is 3. The summed E-state index contributed by atoms with van der Waals surface area (Å²) in [6.45, 7) is 13.3. The molecular formula is C11H20N2O. The van der Waals surface area contributed by atoms with Gasteiger partial charge in [0.2, 0.25) is 0 Å². The van der Waals surface area contributed by atoms with Crippen LogP contribution in [-0.4, -0.2) is 11.2 Å². The molecular weight excluding hydrogens is 176 g/mol. The van der Waals surface area contributed by atoms with E-state index in [2.05, 4.69) is 11.6 Å². The second-order valence-corrected chi connectivity index (χ2v) is 1.83. The first-order chi connectivity index (χ1) is 6.77. The first kappa shape index (κ1) is 15.1. The summed E-state index contributed by atoms with van der Waals surface area (Å²) < 4.78 is 5.03. The summed E-state index contributed by atoms with van der Waals surface area (Å²) >= 11 is 0. The smallest absolute Gasteiger partial charge is 0.192 e. The summed E-state index contributed by atoms with van der Waals surface area (Å²) in [6, 6.07) is 0. The lowest BCUT2D eigenvalue weighted by atomic mass is 10.3. The van der Waals surface area contributed by atoms with Crippen LogP contribution in [-0.2, 0) is 0 Å². The Morgan fingerprint density at radius 1 is 1.29 bits per heavy atom. The zero-order valence-corrected chi connectivity index (χ0v) is 9.72. The molecule has 1 heterocycles. The second-order valence-electron chi connectivity index (χ2n) is 1.83. The molecule has 0 bridgehead atoms. The number of oxazole rings is 1. The number of rotatable bonds is 2. The fraction of sp³-hybridized carbons (Fsp3) is 0.455. The van der Waals surface area contributed by atoms with E-state index in [1.165, 1.54) is 0 Å². The minimum absolute atomic E-state index is 0.465. The minimum atomic E-state index is 0.465. The first-order valence-electron chi connectivity index (χ1n) is 4.88. The van der Waals surface area contributed by atoms with E-state index >= 15 is 0 Å². The highest BCUT2D eigenvalue weighted by molar-refractivity contribution is 5.78. The minimum Gasteiger partial charge on any atom is -0.439 e. The number of nitrogens with zero attached hydrogens (tertiary/aromatic N) is 1. The molecule has 0 saturated carbocycles. The van der Waals surface area contributed by atoms with Crippen LogP contribution >= 0.6 is 0 Å². The highest BCUT2D eigenvalue weighted by Crippen LogP contribution is 2.08. The molecule has 3 heteroatoms. The van der Waals surface area contributed by atoms with Crippen LogP contribution in [0, 0.1) is 12.3 Å². The van der Waals surface area contributed by atoms with Crippen LogP contribution in [0.4, 0.5) is 0 Å². The van der Waals surface area contributed by atoms with Crippen molar-refractivity contribution in [2.45, 2.75) is 34.6 Å². The standard InChI is InChI=1S/C7H8N2O.2C2H6/c1-3-6-7(4-8)10-5(2)9-6;2*1-2/h3-4,8H,1H2,2H3;2*1-2H3. The van der Waals surface area contributed by atoms with Gasteiger partial charge < -0.3 is 9.83 Å². The maximum atomic E-state index is 6.89. The monoisotopic (exact) mass is 196 g/mol. The van der Waals surface area contributed by atoms with Crippen molar-refractivity contribution in [3.63, 3.8) is 0 Å². The van der Waals surface area contributed by atoms with Gasteiger partial charge in [-0.15, -0.1) is 0 Å². The van der Waals surface area contributed by atoms with Crippen molar-refractivity contribution in [1.29, 1.82) is 5.41 Å². The lowest BCUT2D eigenvalue weighted by Gasteiger charge is -1.80. The van der Waals surface area contributed by atoms with Gasteiger partial charge in [-0.05, 0) is 6.08 Å². The third-order valence-corrected chi connectivity index (χ3v) is 1.11. The lowest BCUT2D eigenvalue weighted by Crippen LogP contribution is -1.78. The van der Waals surface area contributed by atoms with Crippen LogP contribution in [0.5, 0.6) is 0 Å². The summed E-state index contributed by atoms with van der Waals surface area (Å²) in [4.78, 5) is 3.96. The highest BCUT2D eigenvalue weighted by Gasteiger charge is 2.02. The zero-order valence-electron chi connectivity index (χ0n) is 9.72. The maximum Gasteiger partial charge on any atom is 0.192 e. The van der Waals surface area contributed by atoms with Crippen LogP contribution in [0.1, 0.15) is 45.0 Å². The molecule has 0 saturated heterocycles. The van der Waals surface area contributed by atoms with Crippen LogP contribution in [0.2, 0.25) is 0 Å². The van der Waals surface area contributed by atoms with Gasteiger partial charge in [0.15, 0.2) is 11.7 Å². The predicted molar refractivity (Wildman–Crippen MR) is 61.9 cm³/mol. The van der Waals surface area contributed by atoms with E-state index in [4.69, 9.17) is 9.83 Å². The molecule has 0 amide bonds. The van der Waals surface area contributed by atoms with Crippen molar-refractivity contribution in [3.05, 3.63) is 23.9 Å². The fourth-order valence-electron chi connectivity index (χ4n) is 0.709. The Morgan fingerprint density at radius 3 is 2.07 bits per heavy atom. The summed E-state index contributed by atoms with van der Waals surface area (Å²) in [5.41, 5.74) is 0.632. The summed E-state index contributed by atoms with van der Waals surface area (Å²) in [5, 5.41) is 6.89. The van der Waals surface area contributed by atoms with Gasteiger partial charge in [-0.2, -0.15) is 0 Å². The lowest BCUT2D eigenvalue weighted by molar-refractivity contribution is 0.515. The van der Waals surface area contributed by atoms with Crippen molar-refractivity contribution >= 4 is 12.3 Å². The van der Waals surface area contributed by atoms with Crippen molar-refractivity contribution in [2.75, 3.05) is 0 Å². The molecule has 14 heavy (non-hydrogen) atoms. The molecule has 0 fully saturated rings. The molecule has 1 aromatic rings. The molecule has 0 aliphatic rings. The van der Waals surface area contributed by atoms with Crippen LogP contribution in [0.25, 0.3) is 6.08 Å². The maximum absolute atomic E-state index is 6.89. The number of aryl methyl sites for hydroxylation is 1. The molecule has 0 unspecified atom stereocenters. The zero-order chi connectivity index (χ0) is 11.6. The van der Waals surface area contributed by atoms with E-state index in [0.29, 0.717) is 17.3 Å². The van der Waals surface area contributed by atoms with E-state index in [1.54, 1.807) is 13.0 Å². The van der Waals surface area contributed by atoms with Gasteiger partial charge in [0.1, 0.15) is 5.69 Å². The quantitative estimate of drug-likeness (QED) is 0.733. The summed E-state index contributed by atoms with van der Waals surface area (Å²) in [6.07, 6.45) is 2.69. The average Bonchev–Trinajstić information content (AvgIpc) is 2.64. The third-order valence-electron chi connectivity index (χ3n) is 1.11. The average molecular weight is 196 g/mol. The Labute approximate surface area is 86.4 Å². The Morgan fingerprint density at radius 2 is 1.79 bits per heavy atom. The summed E-state index contributed by atoms with van der Waals surface area (Å²) in [7, 11) is 0. The van der Waals surface area contributed by atoms with E-state index in [9.17, 15) is 0 Å². The van der Waals surface area contributed by atoms with Crippen LogP contribution in [0.15, 0.2) is 11.0 Å². The Bertz CT molecular complexity index is 239. The van der Waals surface area contributed by atoms with Gasteiger partial charge in [-0.25, -0.2) is 4.98 Å². The molecule has 1 rings (SSSR count).